The molecule has 126 valence electrons. The van der Waals surface area contributed by atoms with Gasteiger partial charge >= 0.3 is 0 Å². The van der Waals surface area contributed by atoms with E-state index in [4.69, 9.17) is 5.73 Å². The lowest BCUT2D eigenvalue weighted by Crippen LogP contribution is -2.49. The van der Waals surface area contributed by atoms with Gasteiger partial charge in [0.1, 0.15) is 0 Å². The fourth-order valence-corrected chi connectivity index (χ4v) is 2.50. The lowest BCUT2D eigenvalue weighted by atomic mass is 10.0. The number of primary amides is 1. The topological polar surface area (TPSA) is 136 Å². The minimum absolute atomic E-state index is 0.0318. The van der Waals surface area contributed by atoms with Gasteiger partial charge in [-0.3, -0.25) is 19.7 Å². The molecule has 0 aliphatic heterocycles. The van der Waals surface area contributed by atoms with Crippen LogP contribution < -0.4 is 11.1 Å². The molecule has 1 aromatic rings. The normalized spacial score (nSPS) is 13.2. The summed E-state index contributed by atoms with van der Waals surface area (Å²) in [5.74, 6) is -1.16. The Kier molecular flexibility index (Phi) is 6.52. The SMILES string of the molecule is CC[C@](C)(CO)NC(=O)CSc1ccc(C(N)=O)cc1[N+](=O)[O-]. The van der Waals surface area contributed by atoms with Gasteiger partial charge in [-0.25, -0.2) is 0 Å². The number of amides is 2. The molecule has 0 aromatic heterocycles. The van der Waals surface area contributed by atoms with Gasteiger partial charge in [0.2, 0.25) is 11.8 Å². The van der Waals surface area contributed by atoms with Crippen LogP contribution in [-0.4, -0.2) is 39.7 Å². The number of thioether (sulfide) groups is 1. The van der Waals surface area contributed by atoms with Crippen molar-refractivity contribution in [1.82, 2.24) is 5.32 Å². The molecule has 2 amide bonds. The summed E-state index contributed by atoms with van der Waals surface area (Å²) in [4.78, 5) is 33.7. The number of carbonyl (C=O) groups is 2. The Hall–Kier alpha value is -2.13. The van der Waals surface area contributed by atoms with E-state index in [0.717, 1.165) is 17.8 Å². The van der Waals surface area contributed by atoms with Crippen LogP contribution in [0.2, 0.25) is 0 Å². The molecule has 0 heterocycles. The van der Waals surface area contributed by atoms with Gasteiger partial charge < -0.3 is 16.2 Å². The maximum Gasteiger partial charge on any atom is 0.283 e. The van der Waals surface area contributed by atoms with Gasteiger partial charge in [-0.15, -0.1) is 11.8 Å². The molecule has 1 atom stereocenters. The number of hydrogen-bond donors (Lipinski definition) is 3. The molecule has 0 aliphatic rings. The number of nitro benzene ring substituents is 1. The highest BCUT2D eigenvalue weighted by Crippen LogP contribution is 2.30. The molecule has 23 heavy (non-hydrogen) atoms. The summed E-state index contributed by atoms with van der Waals surface area (Å²) in [6.45, 7) is 3.34. The average molecular weight is 341 g/mol. The number of benzene rings is 1. The van der Waals surface area contributed by atoms with Crippen LogP contribution in [0.4, 0.5) is 5.69 Å². The van der Waals surface area contributed by atoms with Crippen molar-refractivity contribution in [1.29, 1.82) is 0 Å². The zero-order valence-corrected chi connectivity index (χ0v) is 13.7. The second-order valence-corrected chi connectivity index (χ2v) is 6.23. The second kappa shape index (κ2) is 7.93. The van der Waals surface area contributed by atoms with E-state index in [1.165, 1.54) is 12.1 Å². The average Bonchev–Trinajstić information content (AvgIpc) is 2.52. The van der Waals surface area contributed by atoms with Crippen molar-refractivity contribution in [2.75, 3.05) is 12.4 Å². The highest BCUT2D eigenvalue weighted by atomic mass is 32.2. The number of carbonyl (C=O) groups excluding carboxylic acids is 2. The van der Waals surface area contributed by atoms with Crippen LogP contribution in [0.5, 0.6) is 0 Å². The number of hydrogen-bond acceptors (Lipinski definition) is 6. The third kappa shape index (κ3) is 5.22. The van der Waals surface area contributed by atoms with Crippen LogP contribution in [0.25, 0.3) is 0 Å². The lowest BCUT2D eigenvalue weighted by molar-refractivity contribution is -0.387. The van der Waals surface area contributed by atoms with Gasteiger partial charge in [0.05, 0.1) is 27.7 Å². The Morgan fingerprint density at radius 2 is 2.13 bits per heavy atom. The van der Waals surface area contributed by atoms with Crippen molar-refractivity contribution >= 4 is 29.3 Å². The van der Waals surface area contributed by atoms with E-state index in [1.54, 1.807) is 6.92 Å². The molecule has 0 aliphatic carbocycles. The predicted octanol–water partition coefficient (Wildman–Crippen LogP) is 1.06. The smallest absolute Gasteiger partial charge is 0.283 e. The van der Waals surface area contributed by atoms with Crippen LogP contribution in [0.15, 0.2) is 23.1 Å². The second-order valence-electron chi connectivity index (χ2n) is 5.21. The zero-order valence-electron chi connectivity index (χ0n) is 12.9. The van der Waals surface area contributed by atoms with E-state index >= 15 is 0 Å². The minimum Gasteiger partial charge on any atom is -0.394 e. The minimum atomic E-state index is -0.760. The molecular formula is C14H19N3O5S. The monoisotopic (exact) mass is 341 g/mol. The third-order valence-corrected chi connectivity index (χ3v) is 4.43. The van der Waals surface area contributed by atoms with Crippen molar-refractivity contribution in [2.45, 2.75) is 30.7 Å². The highest BCUT2D eigenvalue weighted by molar-refractivity contribution is 8.00. The van der Waals surface area contributed by atoms with Crippen molar-refractivity contribution in [2.24, 2.45) is 5.73 Å². The number of nitrogens with zero attached hydrogens (tertiary/aromatic N) is 1. The van der Waals surface area contributed by atoms with Gasteiger partial charge in [-0.1, -0.05) is 6.92 Å². The van der Waals surface area contributed by atoms with E-state index in [-0.39, 0.29) is 34.4 Å². The quantitative estimate of drug-likeness (QED) is 0.367. The van der Waals surface area contributed by atoms with Crippen molar-refractivity contribution in [3.63, 3.8) is 0 Å². The first-order valence-electron chi connectivity index (χ1n) is 6.85. The number of rotatable bonds is 8. The fraction of sp³-hybridized carbons (Fsp3) is 0.429. The van der Waals surface area contributed by atoms with E-state index < -0.39 is 16.4 Å². The number of aliphatic hydroxyl groups excluding tert-OH is 1. The number of nitrogens with two attached hydrogens (primary N) is 1. The van der Waals surface area contributed by atoms with Crippen molar-refractivity contribution < 1.29 is 19.6 Å². The summed E-state index contributed by atoms with van der Waals surface area (Å²) in [5, 5.41) is 23.0. The molecular weight excluding hydrogens is 322 g/mol. The summed E-state index contributed by atoms with van der Waals surface area (Å²) < 4.78 is 0. The first-order valence-corrected chi connectivity index (χ1v) is 7.84. The molecule has 9 heteroatoms. The molecule has 0 unspecified atom stereocenters. The molecule has 0 radical (unpaired) electrons. The summed E-state index contributed by atoms with van der Waals surface area (Å²) in [6.07, 6.45) is 0.549. The van der Waals surface area contributed by atoms with Crippen LogP contribution in [0.3, 0.4) is 0 Å². The van der Waals surface area contributed by atoms with Crippen LogP contribution in [0.1, 0.15) is 30.6 Å². The standard InChI is InChI=1S/C14H19N3O5S/c1-3-14(2,8-18)16-12(19)7-23-11-5-4-9(13(15)20)6-10(11)17(21)22/h4-6,18H,3,7-8H2,1-2H3,(H2,15,20)(H,16,19)/t14-/m1/s1. The van der Waals surface area contributed by atoms with E-state index in [0.29, 0.717) is 6.42 Å². The van der Waals surface area contributed by atoms with Crippen molar-refractivity contribution in [3.05, 3.63) is 33.9 Å². The Bertz CT molecular complexity index is 616. The molecule has 0 bridgehead atoms. The van der Waals surface area contributed by atoms with E-state index in [2.05, 4.69) is 5.32 Å². The Morgan fingerprint density at radius 1 is 1.48 bits per heavy atom. The first-order chi connectivity index (χ1) is 10.7. The molecule has 1 rings (SSSR count). The Morgan fingerprint density at radius 3 is 2.61 bits per heavy atom. The molecule has 0 saturated carbocycles. The van der Waals surface area contributed by atoms with Crippen LogP contribution >= 0.6 is 11.8 Å². The largest absolute Gasteiger partial charge is 0.394 e. The predicted molar refractivity (Wildman–Crippen MR) is 86.3 cm³/mol. The maximum atomic E-state index is 11.9. The summed E-state index contributed by atoms with van der Waals surface area (Å²) in [6, 6.07) is 3.85. The molecule has 0 saturated heterocycles. The summed E-state index contributed by atoms with van der Waals surface area (Å²) in [7, 11) is 0. The Labute approximate surface area is 137 Å². The number of aliphatic hydroxyl groups is 1. The number of nitrogens with one attached hydrogen (secondary N) is 1. The molecule has 0 spiro atoms. The van der Waals surface area contributed by atoms with Crippen LogP contribution in [-0.2, 0) is 4.79 Å². The van der Waals surface area contributed by atoms with Crippen LogP contribution in [0, 0.1) is 10.1 Å². The lowest BCUT2D eigenvalue weighted by Gasteiger charge is -2.27. The molecule has 0 fully saturated rings. The van der Waals surface area contributed by atoms with Gasteiger partial charge in [-0.2, -0.15) is 0 Å². The van der Waals surface area contributed by atoms with E-state index in [9.17, 15) is 24.8 Å². The first kappa shape index (κ1) is 18.9. The Balaban J connectivity index is 2.83. The molecule has 1 aromatic carbocycles. The number of nitro groups is 1. The highest BCUT2D eigenvalue weighted by Gasteiger charge is 2.24. The molecule has 4 N–H and O–H groups in total. The maximum absolute atomic E-state index is 11.9. The molecule has 8 nitrogen and oxygen atoms in total. The van der Waals surface area contributed by atoms with Gasteiger partial charge in [0.15, 0.2) is 0 Å². The van der Waals surface area contributed by atoms with Gasteiger partial charge in [-0.05, 0) is 25.5 Å². The van der Waals surface area contributed by atoms with E-state index in [1.807, 2.05) is 6.92 Å². The fourth-order valence-electron chi connectivity index (χ4n) is 1.69. The summed E-state index contributed by atoms with van der Waals surface area (Å²) in [5.41, 5.74) is 4.13. The van der Waals surface area contributed by atoms with Crippen molar-refractivity contribution in [3.8, 4) is 0 Å². The van der Waals surface area contributed by atoms with Gasteiger partial charge in [0, 0.05) is 11.6 Å². The van der Waals surface area contributed by atoms with Gasteiger partial charge in [0.25, 0.3) is 5.69 Å². The zero-order chi connectivity index (χ0) is 17.6. The summed E-state index contributed by atoms with van der Waals surface area (Å²) >= 11 is 0.978. The third-order valence-electron chi connectivity index (χ3n) is 3.37.